The number of hydrogen-bond acceptors (Lipinski definition) is 4. The largest absolute Gasteiger partial charge is 0.460 e. The van der Waals surface area contributed by atoms with Crippen LogP contribution >= 0.6 is 0 Å². The lowest BCUT2D eigenvalue weighted by Crippen LogP contribution is -2.34. The number of rotatable bonds is 6. The number of ketones is 1. The number of hydrogen-bond donors (Lipinski definition) is 1. The Morgan fingerprint density at radius 1 is 1.21 bits per heavy atom. The highest BCUT2D eigenvalue weighted by molar-refractivity contribution is 6.34. The number of esters is 1. The zero-order chi connectivity index (χ0) is 14.3. The van der Waals surface area contributed by atoms with Crippen molar-refractivity contribution >= 4 is 17.7 Å². The number of halogens is 1. The van der Waals surface area contributed by atoms with E-state index in [0.29, 0.717) is 5.56 Å². The Labute approximate surface area is 109 Å². The molecule has 0 aliphatic heterocycles. The Bertz CT molecular complexity index is 470. The van der Waals surface area contributed by atoms with Crippen molar-refractivity contribution in [2.45, 2.75) is 13.3 Å². The number of ether oxygens (including phenoxy) is 1. The van der Waals surface area contributed by atoms with Crippen molar-refractivity contribution in [3.05, 3.63) is 35.6 Å². The van der Waals surface area contributed by atoms with Gasteiger partial charge in [0.25, 0.3) is 5.78 Å². The summed E-state index contributed by atoms with van der Waals surface area (Å²) < 4.78 is 17.1. The van der Waals surface area contributed by atoms with Gasteiger partial charge in [-0.3, -0.25) is 9.59 Å². The lowest BCUT2D eigenvalue weighted by Gasteiger charge is -2.04. The molecular formula is C13H14FNO4. The van der Waals surface area contributed by atoms with Gasteiger partial charge in [-0.05, 0) is 24.6 Å². The van der Waals surface area contributed by atoms with Gasteiger partial charge in [0.2, 0.25) is 5.91 Å². The third-order valence-corrected chi connectivity index (χ3v) is 2.23. The first-order valence-electron chi connectivity index (χ1n) is 5.74. The first-order valence-corrected chi connectivity index (χ1v) is 5.74. The van der Waals surface area contributed by atoms with Gasteiger partial charge in [-0.1, -0.05) is 12.1 Å². The van der Waals surface area contributed by atoms with Crippen LogP contribution in [0, 0.1) is 5.82 Å². The Morgan fingerprint density at radius 2 is 1.84 bits per heavy atom. The summed E-state index contributed by atoms with van der Waals surface area (Å²) in [4.78, 5) is 33.7. The van der Waals surface area contributed by atoms with E-state index in [1.807, 2.05) is 0 Å². The molecule has 0 atom stereocenters. The third-order valence-electron chi connectivity index (χ3n) is 2.23. The van der Waals surface area contributed by atoms with Gasteiger partial charge in [0.15, 0.2) is 0 Å². The Hall–Kier alpha value is -2.24. The van der Waals surface area contributed by atoms with Crippen molar-refractivity contribution in [2.24, 2.45) is 0 Å². The number of carbonyl (C=O) groups is 3. The predicted octanol–water partition coefficient (Wildman–Crippen LogP) is 0.617. The van der Waals surface area contributed by atoms with Gasteiger partial charge in [0, 0.05) is 0 Å². The molecule has 6 heteroatoms. The van der Waals surface area contributed by atoms with Crippen LogP contribution in [0.2, 0.25) is 0 Å². The van der Waals surface area contributed by atoms with Crippen molar-refractivity contribution in [1.82, 2.24) is 5.32 Å². The lowest BCUT2D eigenvalue weighted by molar-refractivity contribution is -0.153. The molecule has 0 aliphatic carbocycles. The van der Waals surface area contributed by atoms with Gasteiger partial charge in [-0.15, -0.1) is 0 Å². The maximum Gasteiger partial charge on any atom is 0.376 e. The minimum Gasteiger partial charge on any atom is -0.460 e. The van der Waals surface area contributed by atoms with Crippen LogP contribution in [-0.4, -0.2) is 30.8 Å². The van der Waals surface area contributed by atoms with E-state index < -0.39 is 24.2 Å². The molecule has 1 N–H and O–H groups in total. The van der Waals surface area contributed by atoms with Gasteiger partial charge in [0.1, 0.15) is 5.82 Å². The standard InChI is InChI=1S/C13H14FNO4/c1-2-19-13(18)11(16)8-15-12(17)7-9-3-5-10(14)6-4-9/h3-6H,2,7-8H2,1H3,(H,15,17). The van der Waals surface area contributed by atoms with Crippen LogP contribution in [-0.2, 0) is 25.5 Å². The molecule has 1 aromatic carbocycles. The molecule has 0 radical (unpaired) electrons. The summed E-state index contributed by atoms with van der Waals surface area (Å²) in [5, 5.41) is 2.30. The highest BCUT2D eigenvalue weighted by Crippen LogP contribution is 2.03. The summed E-state index contributed by atoms with van der Waals surface area (Å²) >= 11 is 0. The highest BCUT2D eigenvalue weighted by Gasteiger charge is 2.15. The van der Waals surface area contributed by atoms with Crippen LogP contribution in [0.3, 0.4) is 0 Å². The van der Waals surface area contributed by atoms with E-state index in [0.717, 1.165) is 0 Å². The van der Waals surface area contributed by atoms with Crippen LogP contribution in [0.4, 0.5) is 4.39 Å². The molecule has 0 unspecified atom stereocenters. The lowest BCUT2D eigenvalue weighted by atomic mass is 10.1. The second-order valence-electron chi connectivity index (χ2n) is 3.72. The molecule has 0 aliphatic rings. The summed E-state index contributed by atoms with van der Waals surface area (Å²) in [7, 11) is 0. The molecule has 1 amide bonds. The number of benzene rings is 1. The first kappa shape index (κ1) is 14.8. The molecule has 102 valence electrons. The number of carbonyl (C=O) groups excluding carboxylic acids is 3. The average Bonchev–Trinajstić information content (AvgIpc) is 2.39. The summed E-state index contributed by atoms with van der Waals surface area (Å²) in [6.45, 7) is 1.28. The Morgan fingerprint density at radius 3 is 2.42 bits per heavy atom. The van der Waals surface area contributed by atoms with Gasteiger partial charge in [-0.2, -0.15) is 0 Å². The summed E-state index contributed by atoms with van der Waals surface area (Å²) in [6, 6.07) is 5.43. The van der Waals surface area contributed by atoms with Crippen LogP contribution < -0.4 is 5.32 Å². The predicted molar refractivity (Wildman–Crippen MR) is 64.8 cm³/mol. The smallest absolute Gasteiger partial charge is 0.376 e. The zero-order valence-corrected chi connectivity index (χ0v) is 10.4. The van der Waals surface area contributed by atoms with Gasteiger partial charge in [0.05, 0.1) is 19.6 Å². The number of nitrogens with one attached hydrogen (secondary N) is 1. The Balaban J connectivity index is 2.37. The average molecular weight is 267 g/mol. The van der Waals surface area contributed by atoms with E-state index in [2.05, 4.69) is 10.1 Å². The van der Waals surface area contributed by atoms with E-state index in [1.54, 1.807) is 6.92 Å². The summed E-state index contributed by atoms with van der Waals surface area (Å²) in [5.41, 5.74) is 0.613. The first-order chi connectivity index (χ1) is 9.02. The molecule has 0 bridgehead atoms. The molecule has 1 aromatic rings. The quantitative estimate of drug-likeness (QED) is 0.605. The SMILES string of the molecule is CCOC(=O)C(=O)CNC(=O)Cc1ccc(F)cc1. The van der Waals surface area contributed by atoms with Crippen LogP contribution in [0.25, 0.3) is 0 Å². The minimum atomic E-state index is -0.968. The van der Waals surface area contributed by atoms with Gasteiger partial charge >= 0.3 is 5.97 Å². The van der Waals surface area contributed by atoms with Crippen molar-refractivity contribution < 1.29 is 23.5 Å². The van der Waals surface area contributed by atoms with Gasteiger partial charge < -0.3 is 10.1 Å². The number of Topliss-reactive ketones (excluding diaryl/α,β-unsaturated/α-hetero) is 1. The van der Waals surface area contributed by atoms with Crippen molar-refractivity contribution in [2.75, 3.05) is 13.2 Å². The normalized spacial score (nSPS) is 9.79. The van der Waals surface area contributed by atoms with E-state index in [-0.39, 0.29) is 18.8 Å². The maximum atomic E-state index is 12.6. The van der Waals surface area contributed by atoms with E-state index in [9.17, 15) is 18.8 Å². The van der Waals surface area contributed by atoms with Crippen LogP contribution in [0.5, 0.6) is 0 Å². The van der Waals surface area contributed by atoms with Crippen molar-refractivity contribution in [3.8, 4) is 0 Å². The topological polar surface area (TPSA) is 72.5 Å². The molecule has 19 heavy (non-hydrogen) atoms. The Kier molecular flexibility index (Phi) is 5.66. The van der Waals surface area contributed by atoms with Crippen molar-refractivity contribution in [3.63, 3.8) is 0 Å². The molecule has 0 heterocycles. The third kappa shape index (κ3) is 5.29. The van der Waals surface area contributed by atoms with E-state index in [1.165, 1.54) is 24.3 Å². The van der Waals surface area contributed by atoms with Crippen molar-refractivity contribution in [1.29, 1.82) is 0 Å². The molecule has 0 aromatic heterocycles. The molecule has 0 spiro atoms. The maximum absolute atomic E-state index is 12.6. The second-order valence-corrected chi connectivity index (χ2v) is 3.72. The zero-order valence-electron chi connectivity index (χ0n) is 10.4. The minimum absolute atomic E-state index is 0.0103. The molecule has 0 saturated carbocycles. The van der Waals surface area contributed by atoms with Gasteiger partial charge in [-0.25, -0.2) is 9.18 Å². The molecule has 5 nitrogen and oxygen atoms in total. The summed E-state index contributed by atoms with van der Waals surface area (Å²) in [5.74, 6) is -2.59. The van der Waals surface area contributed by atoms with E-state index in [4.69, 9.17) is 0 Å². The second kappa shape index (κ2) is 7.25. The fourth-order valence-corrected chi connectivity index (χ4v) is 1.31. The number of amides is 1. The molecule has 0 saturated heterocycles. The van der Waals surface area contributed by atoms with Crippen LogP contribution in [0.15, 0.2) is 24.3 Å². The van der Waals surface area contributed by atoms with E-state index >= 15 is 0 Å². The highest BCUT2D eigenvalue weighted by atomic mass is 19.1. The molecule has 1 rings (SSSR count). The molecular weight excluding hydrogens is 253 g/mol. The molecule has 0 fully saturated rings. The van der Waals surface area contributed by atoms with Crippen LogP contribution in [0.1, 0.15) is 12.5 Å². The summed E-state index contributed by atoms with van der Waals surface area (Å²) in [6.07, 6.45) is 0.0103. The monoisotopic (exact) mass is 267 g/mol. The fraction of sp³-hybridized carbons (Fsp3) is 0.308. The fourth-order valence-electron chi connectivity index (χ4n) is 1.31.